The molecule has 17 nitrogen and oxygen atoms in total. The third-order valence-electron chi connectivity index (χ3n) is 16.7. The number of hydrogen-bond donors (Lipinski definition) is 2. The Morgan fingerprint density at radius 3 is 2.18 bits per heavy atom. The maximum Gasteiger partial charge on any atom is 0.329 e. The lowest BCUT2D eigenvalue weighted by Gasteiger charge is -2.43. The Bertz CT molecular complexity index is 2140. The van der Waals surface area contributed by atoms with Crippen molar-refractivity contribution in [2.24, 2.45) is 40.9 Å². The first-order chi connectivity index (χ1) is 35.8. The van der Waals surface area contributed by atoms with E-state index < -0.39 is 113 Å². The maximum absolute atomic E-state index is 14.6. The zero-order valence-corrected chi connectivity index (χ0v) is 47.7. The monoisotopic (exact) mass is 1070 g/mol. The lowest BCUT2D eigenvalue weighted by molar-refractivity contribution is -0.283. The van der Waals surface area contributed by atoms with E-state index in [1.807, 2.05) is 58.1 Å². The van der Waals surface area contributed by atoms with Crippen LogP contribution in [0.15, 0.2) is 47.6 Å². The number of rotatable bonds is 8. The van der Waals surface area contributed by atoms with Crippen molar-refractivity contribution in [1.29, 1.82) is 0 Å². The summed E-state index contributed by atoms with van der Waals surface area (Å²) in [4.78, 5) is 86.3. The number of Topliss-reactive ketones (excluding diaryl/α,β-unsaturated/α-hetero) is 3. The number of amides is 1. The number of carbonyl (C=O) groups excluding carboxylic acids is 6. The first-order valence-electron chi connectivity index (χ1n) is 27.8. The number of aliphatic hydroxyl groups excluding tert-OH is 1. The second kappa shape index (κ2) is 27.8. The number of fused-ring (bicyclic) bond motifs is 3. The Kier molecular flexibility index (Phi) is 23.0. The first-order valence-corrected chi connectivity index (χ1v) is 27.8. The van der Waals surface area contributed by atoms with Crippen LogP contribution in [0, 0.1) is 40.9 Å². The topological polar surface area (TPSA) is 220 Å². The van der Waals surface area contributed by atoms with Gasteiger partial charge >= 0.3 is 11.9 Å². The lowest BCUT2D eigenvalue weighted by Crippen LogP contribution is -2.61. The third kappa shape index (κ3) is 16.1. The smallest absolute Gasteiger partial charge is 0.329 e. The van der Waals surface area contributed by atoms with Crippen LogP contribution in [0.2, 0.25) is 0 Å². The minimum atomic E-state index is -2.46. The number of hydrogen-bond acceptors (Lipinski definition) is 16. The van der Waals surface area contributed by atoms with E-state index in [0.717, 1.165) is 5.57 Å². The molecule has 4 heterocycles. The molecule has 1 saturated carbocycles. The SMILES string of the molecule is CO[C@H]1C[C@@H]2CC[C@@H](C)[C@@](O)(O2)C(=O)C(=O)N2CCCC[C@H]2C(=O)O[C@H]([C@H](C)C[C@H]2CC[C@@H](OC(=O)C3(C)COC(C)(C)OC3)[C@H](OC)C2)CC(=O)[C@H](C)/C=C(\C)[C@@H](O)[C@@H](OC)C(=O)[C@H](C)C[C@H](C)\C=C/C=C/C=C/1C. The van der Waals surface area contributed by atoms with Gasteiger partial charge in [0.1, 0.15) is 41.7 Å². The summed E-state index contributed by atoms with van der Waals surface area (Å²) < 4.78 is 47.6. The minimum Gasteiger partial charge on any atom is -0.460 e. The number of aliphatic hydroxyl groups is 2. The molecule has 17 heteroatoms. The van der Waals surface area contributed by atoms with Gasteiger partial charge in [0.15, 0.2) is 11.6 Å². The molecule has 0 radical (unpaired) electrons. The molecule has 1 amide bonds. The molecule has 1 aliphatic carbocycles. The number of methoxy groups -OCH3 is 3. The highest BCUT2D eigenvalue weighted by atomic mass is 16.7. The highest BCUT2D eigenvalue weighted by molar-refractivity contribution is 6.39. The fourth-order valence-electron chi connectivity index (χ4n) is 11.4. The van der Waals surface area contributed by atoms with E-state index in [4.69, 9.17) is 37.9 Å². The molecule has 0 aromatic rings. The van der Waals surface area contributed by atoms with Gasteiger partial charge in [0.05, 0.1) is 31.5 Å². The van der Waals surface area contributed by atoms with Gasteiger partial charge in [-0.2, -0.15) is 0 Å². The van der Waals surface area contributed by atoms with Crippen LogP contribution in [0.3, 0.4) is 0 Å². The maximum atomic E-state index is 14.6. The van der Waals surface area contributed by atoms with E-state index in [2.05, 4.69) is 0 Å². The standard InChI is InChI=1S/C59H91NO16/c1-35-19-15-14-16-20-36(2)47(69-11)31-43-24-22-41(7)59(68,76-43)53(64)54(65)60-26-18-17-21-44(60)55(66)74-48(32-45(61)37(3)28-40(6)51(63)52(71-13)50(62)39(5)27-35)38(4)29-42-23-25-46(49(30-42)70-12)75-56(67)58(10)33-72-57(8,9)73-34-58/h14-16,19-20,28,35,37-39,41-44,46-49,51-52,63,68H,17-18,21-27,29-34H2,1-13H3/b16-14+,19-15-,36-20+,40-28+/t35-,37-,38-,39-,41-,42-,43+,44+,46-,47+,48+,49-,51-,52+,59-/m1/s1. The van der Waals surface area contributed by atoms with Gasteiger partial charge in [-0.3, -0.25) is 24.0 Å². The number of ether oxygens (including phenoxy) is 8. The molecule has 4 aliphatic heterocycles. The number of carbonyl (C=O) groups is 6. The van der Waals surface area contributed by atoms with Gasteiger partial charge < -0.3 is 53.0 Å². The van der Waals surface area contributed by atoms with E-state index in [-0.39, 0.29) is 56.0 Å². The summed E-state index contributed by atoms with van der Waals surface area (Å²) in [6.07, 6.45) is 10.5. The largest absolute Gasteiger partial charge is 0.460 e. The van der Waals surface area contributed by atoms with Crippen molar-refractivity contribution in [3.8, 4) is 0 Å². The molecule has 5 aliphatic rings. The molecule has 15 atom stereocenters. The number of cyclic esters (lactones) is 1. The van der Waals surface area contributed by atoms with E-state index in [0.29, 0.717) is 69.8 Å². The van der Waals surface area contributed by atoms with Crippen molar-refractivity contribution in [1.82, 2.24) is 4.90 Å². The number of ketones is 3. The third-order valence-corrected chi connectivity index (χ3v) is 16.7. The quantitative estimate of drug-likeness (QED) is 0.136. The molecule has 76 heavy (non-hydrogen) atoms. The molecular weight excluding hydrogens is 979 g/mol. The van der Waals surface area contributed by atoms with Gasteiger partial charge in [0, 0.05) is 58.5 Å². The van der Waals surface area contributed by atoms with Crippen LogP contribution in [0.5, 0.6) is 0 Å². The number of allylic oxidation sites excluding steroid dienone is 6. The van der Waals surface area contributed by atoms with Gasteiger partial charge in [0.25, 0.3) is 11.7 Å². The highest BCUT2D eigenvalue weighted by Crippen LogP contribution is 2.39. The van der Waals surface area contributed by atoms with Crippen molar-refractivity contribution in [3.05, 3.63) is 47.6 Å². The molecule has 0 aromatic heterocycles. The van der Waals surface area contributed by atoms with Crippen molar-refractivity contribution in [2.45, 2.75) is 207 Å². The van der Waals surface area contributed by atoms with Gasteiger partial charge in [-0.25, -0.2) is 4.79 Å². The average molecular weight is 1070 g/mol. The summed E-state index contributed by atoms with van der Waals surface area (Å²) in [5.74, 6) is -9.63. The number of piperidine rings is 1. The Morgan fingerprint density at radius 2 is 1.53 bits per heavy atom. The summed E-state index contributed by atoms with van der Waals surface area (Å²) in [7, 11) is 4.52. The van der Waals surface area contributed by atoms with Crippen LogP contribution in [-0.4, -0.2) is 152 Å². The predicted octanol–water partition coefficient (Wildman–Crippen LogP) is 7.52. The van der Waals surface area contributed by atoms with Crippen LogP contribution in [0.1, 0.15) is 146 Å². The Morgan fingerprint density at radius 1 is 0.829 bits per heavy atom. The zero-order chi connectivity index (χ0) is 56.3. The second-order valence-electron chi connectivity index (χ2n) is 23.5. The van der Waals surface area contributed by atoms with Gasteiger partial charge in [-0.1, -0.05) is 71.1 Å². The van der Waals surface area contributed by atoms with Crippen LogP contribution >= 0.6 is 0 Å². The van der Waals surface area contributed by atoms with Crippen LogP contribution in [0.25, 0.3) is 0 Å². The molecule has 2 bridgehead atoms. The zero-order valence-electron chi connectivity index (χ0n) is 47.7. The summed E-state index contributed by atoms with van der Waals surface area (Å²) in [5.41, 5.74) is 0.243. The molecule has 5 rings (SSSR count). The van der Waals surface area contributed by atoms with Gasteiger partial charge in [0.2, 0.25) is 5.79 Å². The van der Waals surface area contributed by atoms with Crippen molar-refractivity contribution < 1.29 is 76.9 Å². The fourth-order valence-corrected chi connectivity index (χ4v) is 11.4. The van der Waals surface area contributed by atoms with Crippen LogP contribution in [0.4, 0.5) is 0 Å². The summed E-state index contributed by atoms with van der Waals surface area (Å²) >= 11 is 0. The Labute approximate surface area is 451 Å². The average Bonchev–Trinajstić information content (AvgIpc) is 3.39. The van der Waals surface area contributed by atoms with Crippen molar-refractivity contribution in [2.75, 3.05) is 41.1 Å². The summed E-state index contributed by atoms with van der Waals surface area (Å²) in [6.45, 7) is 18.3. The molecule has 428 valence electrons. The molecule has 0 unspecified atom stereocenters. The Hall–Kier alpha value is -3.94. The van der Waals surface area contributed by atoms with Crippen LogP contribution in [-0.2, 0) is 66.7 Å². The molecule has 0 spiro atoms. The van der Waals surface area contributed by atoms with E-state index in [9.17, 15) is 39.0 Å². The summed E-state index contributed by atoms with van der Waals surface area (Å²) in [6, 6.07) is -1.18. The van der Waals surface area contributed by atoms with E-state index in [1.54, 1.807) is 61.8 Å². The van der Waals surface area contributed by atoms with Crippen LogP contribution < -0.4 is 0 Å². The molecule has 4 fully saturated rings. The Balaban J connectivity index is 1.43. The van der Waals surface area contributed by atoms with Crippen molar-refractivity contribution >= 4 is 35.2 Å². The predicted molar refractivity (Wildman–Crippen MR) is 283 cm³/mol. The van der Waals surface area contributed by atoms with Gasteiger partial charge in [-0.15, -0.1) is 0 Å². The van der Waals surface area contributed by atoms with E-state index in [1.165, 1.54) is 12.0 Å². The minimum absolute atomic E-state index is 0.000496. The fraction of sp³-hybridized carbons (Fsp3) is 0.763. The molecule has 2 N–H and O–H groups in total. The summed E-state index contributed by atoms with van der Waals surface area (Å²) in [5, 5.41) is 23.6. The van der Waals surface area contributed by atoms with E-state index >= 15 is 0 Å². The van der Waals surface area contributed by atoms with Gasteiger partial charge in [-0.05, 0) is 128 Å². The highest BCUT2D eigenvalue weighted by Gasteiger charge is 2.53. The first kappa shape index (κ1) is 62.9. The second-order valence-corrected chi connectivity index (χ2v) is 23.5. The number of esters is 2. The number of nitrogens with zero attached hydrogens (tertiary/aromatic N) is 1. The normalized spacial score (nSPS) is 38.8. The van der Waals surface area contributed by atoms with Crippen molar-refractivity contribution in [3.63, 3.8) is 0 Å². The lowest BCUT2D eigenvalue weighted by atomic mass is 9.78. The molecule has 3 saturated heterocycles. The molecule has 0 aromatic carbocycles. The molecular formula is C59H91NO16.